The number of hydrogen-bond acceptors (Lipinski definition) is 5. The fourth-order valence-corrected chi connectivity index (χ4v) is 4.28. The van der Waals surface area contributed by atoms with Crippen LogP contribution >= 0.6 is 0 Å². The summed E-state index contributed by atoms with van der Waals surface area (Å²) >= 11 is 0. The lowest BCUT2D eigenvalue weighted by atomic mass is 9.86. The summed E-state index contributed by atoms with van der Waals surface area (Å²) in [4.78, 5) is 11.5. The van der Waals surface area contributed by atoms with E-state index < -0.39 is 19.0 Å². The number of carbonyl (C=O) groups is 1. The van der Waals surface area contributed by atoms with Gasteiger partial charge in [0, 0.05) is 18.4 Å². The number of halogens is 1. The molecule has 1 aliphatic heterocycles. The molecule has 176 valence electrons. The van der Waals surface area contributed by atoms with Gasteiger partial charge in [0.15, 0.2) is 23.0 Å². The van der Waals surface area contributed by atoms with Gasteiger partial charge < -0.3 is 52.5 Å². The van der Waals surface area contributed by atoms with E-state index in [-0.39, 0.29) is 48.0 Å². The summed E-state index contributed by atoms with van der Waals surface area (Å²) in [7, 11) is 6.19. The van der Waals surface area contributed by atoms with Crippen LogP contribution in [0.3, 0.4) is 0 Å². The molecule has 0 spiro atoms. The van der Waals surface area contributed by atoms with Crippen molar-refractivity contribution in [3.05, 3.63) is 47.0 Å². The lowest BCUT2D eigenvalue weighted by Gasteiger charge is -2.46. The van der Waals surface area contributed by atoms with Crippen molar-refractivity contribution in [1.82, 2.24) is 0 Å². The normalized spacial score (nSPS) is 21.1. The van der Waals surface area contributed by atoms with Crippen LogP contribution in [-0.4, -0.2) is 64.1 Å². The fraction of sp³-hybridized carbons (Fsp3) is 0.458. The van der Waals surface area contributed by atoms with Gasteiger partial charge in [0.2, 0.25) is 0 Å². The van der Waals surface area contributed by atoms with E-state index in [4.69, 9.17) is 23.1 Å². The van der Waals surface area contributed by atoms with E-state index in [1.807, 2.05) is 24.3 Å². The lowest BCUT2D eigenvalue weighted by Crippen LogP contribution is -3.00. The number of benzene rings is 2. The third-order valence-electron chi connectivity index (χ3n) is 5.98. The Hall–Kier alpha value is -2.20. The Labute approximate surface area is 211 Å². The van der Waals surface area contributed by atoms with Crippen molar-refractivity contribution in [3.63, 3.8) is 0 Å². The lowest BCUT2D eigenvalue weighted by molar-refractivity contribution is -0.940. The number of quaternary nitrogens is 1. The first kappa shape index (κ1) is 21.6. The highest BCUT2D eigenvalue weighted by Crippen LogP contribution is 2.43. The number of fused-ring (bicyclic) bond motifs is 1. The number of ether oxygens (including phenoxy) is 4. The number of nitrogens with zero attached hydrogens (tertiary/aromatic N) is 1. The molecule has 32 heavy (non-hydrogen) atoms. The standard InChI is InChI=1S/C24H31NO6.HI/c1-25(11-9-24(26)27)10-8-17-14-22(30-4)23(31-5)15-18(17)19(25)12-16-6-7-20(28-2)21(13-16)29-3;/h6-7,13-15,19H,8-12H2,1-5H3;1H/t19-,25-;/m1./s1/i1D3;. The predicted molar refractivity (Wildman–Crippen MR) is 117 cm³/mol. The first-order chi connectivity index (χ1) is 16.1. The zero-order chi connectivity index (χ0) is 25.1. The summed E-state index contributed by atoms with van der Waals surface area (Å²) < 4.78 is 46.9. The third-order valence-corrected chi connectivity index (χ3v) is 5.98. The molecule has 0 fully saturated rings. The van der Waals surface area contributed by atoms with Gasteiger partial charge in [-0.25, -0.2) is 0 Å². The van der Waals surface area contributed by atoms with Crippen LogP contribution in [0.1, 0.15) is 33.3 Å². The Balaban J connectivity index is 0.00000432. The van der Waals surface area contributed by atoms with Gasteiger partial charge in [-0.2, -0.15) is 0 Å². The van der Waals surface area contributed by atoms with Gasteiger partial charge in [0.25, 0.3) is 0 Å². The number of carboxylic acid groups (broad SMARTS) is 1. The fourth-order valence-electron chi connectivity index (χ4n) is 4.28. The number of likely N-dealkylation sites (N-methyl/N-ethyl adjacent to an activating group) is 1. The van der Waals surface area contributed by atoms with Crippen molar-refractivity contribution in [2.45, 2.75) is 25.3 Å². The minimum absolute atomic E-state index is 0. The van der Waals surface area contributed by atoms with Crippen LogP contribution in [0.2, 0.25) is 0 Å². The molecule has 1 heterocycles. The van der Waals surface area contributed by atoms with E-state index in [0.29, 0.717) is 35.8 Å². The highest BCUT2D eigenvalue weighted by molar-refractivity contribution is 5.66. The number of aliphatic carboxylic acids is 1. The highest BCUT2D eigenvalue weighted by atomic mass is 127. The molecule has 0 radical (unpaired) electrons. The first-order valence-electron chi connectivity index (χ1n) is 11.6. The van der Waals surface area contributed by atoms with Crippen LogP contribution in [0.25, 0.3) is 0 Å². The molecule has 7 nitrogen and oxygen atoms in total. The van der Waals surface area contributed by atoms with Gasteiger partial charge in [-0.15, -0.1) is 0 Å². The summed E-state index contributed by atoms with van der Waals surface area (Å²) in [6.07, 6.45) is 0.598. The molecular weight excluding hydrogens is 525 g/mol. The van der Waals surface area contributed by atoms with E-state index in [1.54, 1.807) is 27.4 Å². The molecule has 0 saturated carbocycles. The van der Waals surface area contributed by atoms with Gasteiger partial charge >= 0.3 is 5.97 Å². The molecule has 0 amide bonds. The third kappa shape index (κ3) is 5.40. The SMILES string of the molecule is [2H]C([2H])([2H])[N@+]1(CCC(=O)O)CCc2cc(OC)c(OC)cc2[C@H]1Cc1ccc(OC)c(OC)c1.[I-]. The maximum absolute atomic E-state index is 11.5. The maximum atomic E-state index is 11.5. The second-order valence-corrected chi connectivity index (χ2v) is 7.69. The van der Waals surface area contributed by atoms with E-state index in [9.17, 15) is 9.90 Å². The van der Waals surface area contributed by atoms with Crippen LogP contribution < -0.4 is 42.9 Å². The molecule has 8 heteroatoms. The summed E-state index contributed by atoms with van der Waals surface area (Å²) in [6, 6.07) is 8.68. The van der Waals surface area contributed by atoms with Gasteiger partial charge in [0.05, 0.1) is 59.0 Å². The van der Waals surface area contributed by atoms with Crippen molar-refractivity contribution in [2.24, 2.45) is 0 Å². The molecule has 3 rings (SSSR count). The van der Waals surface area contributed by atoms with E-state index in [1.165, 1.54) is 7.11 Å². The summed E-state index contributed by atoms with van der Waals surface area (Å²) in [5.41, 5.74) is 2.64. The first-order valence-corrected chi connectivity index (χ1v) is 10.1. The molecule has 0 unspecified atom stereocenters. The Kier molecular flexibility index (Phi) is 7.50. The minimum atomic E-state index is -2.43. The molecule has 0 bridgehead atoms. The largest absolute Gasteiger partial charge is 1.00 e. The van der Waals surface area contributed by atoms with E-state index >= 15 is 0 Å². The van der Waals surface area contributed by atoms with Crippen molar-refractivity contribution < 1.29 is 61.4 Å². The van der Waals surface area contributed by atoms with Gasteiger partial charge in [-0.3, -0.25) is 4.79 Å². The van der Waals surface area contributed by atoms with Gasteiger partial charge in [-0.1, -0.05) is 6.07 Å². The molecule has 0 aliphatic carbocycles. The topological polar surface area (TPSA) is 74.2 Å². The minimum Gasteiger partial charge on any atom is -1.00 e. The number of rotatable bonds is 9. The van der Waals surface area contributed by atoms with Crippen molar-refractivity contribution in [1.29, 1.82) is 0 Å². The molecule has 2 aromatic carbocycles. The Morgan fingerprint density at radius 2 is 1.66 bits per heavy atom. The quantitative estimate of drug-likeness (QED) is 0.356. The van der Waals surface area contributed by atoms with Crippen LogP contribution in [0, 0.1) is 0 Å². The Morgan fingerprint density at radius 1 is 1.03 bits per heavy atom. The van der Waals surface area contributed by atoms with Crippen molar-refractivity contribution >= 4 is 5.97 Å². The molecular formula is C24H32INO6. The van der Waals surface area contributed by atoms with E-state index in [2.05, 4.69) is 0 Å². The molecule has 1 N–H and O–H groups in total. The van der Waals surface area contributed by atoms with Crippen LogP contribution in [0.15, 0.2) is 30.3 Å². The monoisotopic (exact) mass is 560 g/mol. The summed E-state index contributed by atoms with van der Waals surface area (Å²) in [6.45, 7) is -2.16. The second-order valence-electron chi connectivity index (χ2n) is 7.69. The summed E-state index contributed by atoms with van der Waals surface area (Å²) in [5.74, 6) is 1.17. The second kappa shape index (κ2) is 11.1. The molecule has 2 aromatic rings. The van der Waals surface area contributed by atoms with Gasteiger partial charge in [0.1, 0.15) is 6.04 Å². The van der Waals surface area contributed by atoms with Gasteiger partial charge in [-0.05, 0) is 35.4 Å². The summed E-state index contributed by atoms with van der Waals surface area (Å²) in [5, 5.41) is 9.41. The Bertz CT molecular complexity index is 1050. The zero-order valence-electron chi connectivity index (χ0n) is 21.8. The number of methoxy groups -OCH3 is 4. The van der Waals surface area contributed by atoms with Crippen LogP contribution in [-0.2, 0) is 17.6 Å². The average Bonchev–Trinajstić information content (AvgIpc) is 2.81. The predicted octanol–water partition coefficient (Wildman–Crippen LogP) is 0.486. The zero-order valence-corrected chi connectivity index (χ0v) is 21.0. The van der Waals surface area contributed by atoms with Crippen LogP contribution in [0.5, 0.6) is 23.0 Å². The van der Waals surface area contributed by atoms with Crippen molar-refractivity contribution in [2.75, 3.05) is 48.5 Å². The average molecular weight is 560 g/mol. The molecule has 0 saturated heterocycles. The molecule has 1 aliphatic rings. The molecule has 2 atom stereocenters. The van der Waals surface area contributed by atoms with Crippen LogP contribution in [0.4, 0.5) is 0 Å². The van der Waals surface area contributed by atoms with E-state index in [0.717, 1.165) is 16.7 Å². The number of carboxylic acids is 1. The Morgan fingerprint density at radius 3 is 2.25 bits per heavy atom. The maximum Gasteiger partial charge on any atom is 0.309 e. The highest BCUT2D eigenvalue weighted by Gasteiger charge is 2.40. The smallest absolute Gasteiger partial charge is 0.309 e. The number of hydrogen-bond donors (Lipinski definition) is 1. The van der Waals surface area contributed by atoms with Crippen molar-refractivity contribution in [3.8, 4) is 23.0 Å². The molecule has 0 aromatic heterocycles.